The first-order chi connectivity index (χ1) is 13.7. The number of rotatable bonds is 7. The monoisotopic (exact) mass is 399 g/mol. The van der Waals surface area contributed by atoms with Gasteiger partial charge in [-0.05, 0) is 30.0 Å². The lowest BCUT2D eigenvalue weighted by molar-refractivity contribution is -0.145. The van der Waals surface area contributed by atoms with Gasteiger partial charge in [0.2, 0.25) is 0 Å². The zero-order chi connectivity index (χ0) is 21.6. The molecule has 0 saturated heterocycles. The maximum atomic E-state index is 13.0. The van der Waals surface area contributed by atoms with Crippen LogP contribution in [-0.2, 0) is 21.4 Å². The van der Waals surface area contributed by atoms with E-state index < -0.39 is 23.3 Å². The predicted octanol–water partition coefficient (Wildman–Crippen LogP) is 3.60. The third-order valence-corrected chi connectivity index (χ3v) is 4.53. The minimum Gasteiger partial charge on any atom is -0.507 e. The molecule has 0 spiro atoms. The molecule has 0 saturated carbocycles. The maximum absolute atomic E-state index is 13.0. The van der Waals surface area contributed by atoms with Gasteiger partial charge in [-0.25, -0.2) is 4.79 Å². The number of hydrogen-bond donors (Lipinski definition) is 2. The zero-order valence-electron chi connectivity index (χ0n) is 17.6. The molecule has 2 N–H and O–H groups in total. The SMILES string of the molecule is CCOC(=O)C(Cc1ccccc1)NC(=O)c1cc(OC)cc(C(C)(C)C)c1O. The topological polar surface area (TPSA) is 84.9 Å². The second-order valence-electron chi connectivity index (χ2n) is 7.79. The van der Waals surface area contributed by atoms with Gasteiger partial charge in [-0.2, -0.15) is 0 Å². The number of ether oxygens (including phenoxy) is 2. The molecule has 0 fully saturated rings. The Labute approximate surface area is 171 Å². The van der Waals surface area contributed by atoms with Crippen LogP contribution in [-0.4, -0.2) is 36.7 Å². The number of aromatic hydroxyl groups is 1. The van der Waals surface area contributed by atoms with Gasteiger partial charge in [0, 0.05) is 12.0 Å². The van der Waals surface area contributed by atoms with E-state index in [0.29, 0.717) is 11.3 Å². The van der Waals surface area contributed by atoms with Gasteiger partial charge in [0.05, 0.1) is 19.3 Å². The van der Waals surface area contributed by atoms with Crippen molar-refractivity contribution >= 4 is 11.9 Å². The number of nitrogens with one attached hydrogen (secondary N) is 1. The van der Waals surface area contributed by atoms with Crippen molar-refractivity contribution in [3.63, 3.8) is 0 Å². The van der Waals surface area contributed by atoms with Crippen LogP contribution in [0.2, 0.25) is 0 Å². The van der Waals surface area contributed by atoms with Crippen molar-refractivity contribution in [2.45, 2.75) is 45.6 Å². The Hall–Kier alpha value is -3.02. The van der Waals surface area contributed by atoms with Gasteiger partial charge in [0.15, 0.2) is 0 Å². The molecule has 0 aliphatic rings. The van der Waals surface area contributed by atoms with Crippen molar-refractivity contribution < 1.29 is 24.2 Å². The molecule has 0 radical (unpaired) electrons. The lowest BCUT2D eigenvalue weighted by atomic mass is 9.85. The minimum absolute atomic E-state index is 0.0524. The number of carbonyl (C=O) groups is 2. The molecule has 0 aromatic heterocycles. The van der Waals surface area contributed by atoms with E-state index in [1.807, 2.05) is 51.1 Å². The Balaban J connectivity index is 2.36. The van der Waals surface area contributed by atoms with Gasteiger partial charge < -0.3 is 19.9 Å². The first-order valence-corrected chi connectivity index (χ1v) is 9.60. The minimum atomic E-state index is -0.881. The summed E-state index contributed by atoms with van der Waals surface area (Å²) in [6.07, 6.45) is 0.280. The Morgan fingerprint density at radius 3 is 2.34 bits per heavy atom. The molecule has 6 nitrogen and oxygen atoms in total. The van der Waals surface area contributed by atoms with Gasteiger partial charge in [0.1, 0.15) is 17.5 Å². The maximum Gasteiger partial charge on any atom is 0.328 e. The Morgan fingerprint density at radius 2 is 1.79 bits per heavy atom. The van der Waals surface area contributed by atoms with Gasteiger partial charge in [-0.15, -0.1) is 0 Å². The summed E-state index contributed by atoms with van der Waals surface area (Å²) in [6, 6.07) is 11.6. The smallest absolute Gasteiger partial charge is 0.328 e. The molecule has 0 aliphatic heterocycles. The van der Waals surface area contributed by atoms with E-state index in [-0.39, 0.29) is 24.3 Å². The van der Waals surface area contributed by atoms with Crippen LogP contribution in [0.5, 0.6) is 11.5 Å². The molecule has 156 valence electrons. The zero-order valence-corrected chi connectivity index (χ0v) is 17.6. The van der Waals surface area contributed by atoms with Crippen molar-refractivity contribution in [3.05, 3.63) is 59.2 Å². The third kappa shape index (κ3) is 5.73. The summed E-state index contributed by atoms with van der Waals surface area (Å²) in [6.45, 7) is 7.71. The summed E-state index contributed by atoms with van der Waals surface area (Å²) in [5.41, 5.74) is 1.11. The normalized spacial score (nSPS) is 12.2. The van der Waals surface area contributed by atoms with Crippen LogP contribution in [0.3, 0.4) is 0 Å². The fourth-order valence-electron chi connectivity index (χ4n) is 2.99. The Kier molecular flexibility index (Phi) is 7.26. The molecule has 0 bridgehead atoms. The summed E-state index contributed by atoms with van der Waals surface area (Å²) in [7, 11) is 1.50. The summed E-state index contributed by atoms with van der Waals surface area (Å²) in [5.74, 6) is -0.768. The number of amides is 1. The van der Waals surface area contributed by atoms with E-state index in [0.717, 1.165) is 5.56 Å². The number of phenolic OH excluding ortho intramolecular Hbond substituents is 1. The van der Waals surface area contributed by atoms with E-state index in [2.05, 4.69) is 5.32 Å². The number of benzene rings is 2. The number of carbonyl (C=O) groups excluding carboxylic acids is 2. The predicted molar refractivity (Wildman–Crippen MR) is 111 cm³/mol. The average Bonchev–Trinajstić information content (AvgIpc) is 2.67. The highest BCUT2D eigenvalue weighted by Crippen LogP contribution is 2.36. The molecule has 2 rings (SSSR count). The number of esters is 1. The van der Waals surface area contributed by atoms with E-state index >= 15 is 0 Å². The van der Waals surface area contributed by atoms with Crippen LogP contribution in [0.25, 0.3) is 0 Å². The van der Waals surface area contributed by atoms with Gasteiger partial charge in [-0.1, -0.05) is 51.1 Å². The highest BCUT2D eigenvalue weighted by molar-refractivity contribution is 6.00. The first-order valence-electron chi connectivity index (χ1n) is 9.60. The largest absolute Gasteiger partial charge is 0.507 e. The second-order valence-corrected chi connectivity index (χ2v) is 7.79. The molecule has 2 aromatic carbocycles. The quantitative estimate of drug-likeness (QED) is 0.695. The van der Waals surface area contributed by atoms with Crippen molar-refractivity contribution in [3.8, 4) is 11.5 Å². The summed E-state index contributed by atoms with van der Waals surface area (Å²) < 4.78 is 10.4. The summed E-state index contributed by atoms with van der Waals surface area (Å²) in [5, 5.41) is 13.4. The van der Waals surface area contributed by atoms with Crippen molar-refractivity contribution in [2.75, 3.05) is 13.7 Å². The van der Waals surface area contributed by atoms with E-state index in [9.17, 15) is 14.7 Å². The van der Waals surface area contributed by atoms with Crippen LogP contribution in [0, 0.1) is 0 Å². The molecule has 6 heteroatoms. The lowest BCUT2D eigenvalue weighted by Gasteiger charge is -2.23. The van der Waals surface area contributed by atoms with Crippen LogP contribution in [0.1, 0.15) is 49.2 Å². The van der Waals surface area contributed by atoms with Gasteiger partial charge in [0.25, 0.3) is 5.91 Å². The Morgan fingerprint density at radius 1 is 1.14 bits per heavy atom. The number of hydrogen-bond acceptors (Lipinski definition) is 5. The van der Waals surface area contributed by atoms with Gasteiger partial charge >= 0.3 is 5.97 Å². The summed E-state index contributed by atoms with van der Waals surface area (Å²) in [4.78, 5) is 25.4. The third-order valence-electron chi connectivity index (χ3n) is 4.53. The molecular weight excluding hydrogens is 370 g/mol. The number of methoxy groups -OCH3 is 1. The van der Waals surface area contributed by atoms with Gasteiger partial charge in [-0.3, -0.25) is 4.79 Å². The molecule has 1 unspecified atom stereocenters. The number of phenols is 1. The standard InChI is InChI=1S/C23H29NO5/c1-6-29-22(27)19(12-15-10-8-7-9-11-15)24-21(26)17-13-16(28-5)14-18(20(17)25)23(2,3)4/h7-11,13-14,19,25H,6,12H2,1-5H3,(H,24,26). The van der Waals surface area contributed by atoms with Crippen LogP contribution in [0.4, 0.5) is 0 Å². The lowest BCUT2D eigenvalue weighted by Crippen LogP contribution is -2.43. The van der Waals surface area contributed by atoms with Crippen LogP contribution < -0.4 is 10.1 Å². The van der Waals surface area contributed by atoms with Crippen LogP contribution in [0.15, 0.2) is 42.5 Å². The fraction of sp³-hybridized carbons (Fsp3) is 0.391. The van der Waals surface area contributed by atoms with E-state index in [4.69, 9.17) is 9.47 Å². The molecule has 29 heavy (non-hydrogen) atoms. The molecule has 1 atom stereocenters. The molecule has 2 aromatic rings. The molecule has 1 amide bonds. The van der Waals surface area contributed by atoms with Crippen molar-refractivity contribution in [1.29, 1.82) is 0 Å². The van der Waals surface area contributed by atoms with Crippen molar-refractivity contribution in [1.82, 2.24) is 5.32 Å². The highest BCUT2D eigenvalue weighted by atomic mass is 16.5. The summed E-state index contributed by atoms with van der Waals surface area (Å²) >= 11 is 0. The first kappa shape index (κ1) is 22.3. The van der Waals surface area contributed by atoms with Crippen LogP contribution >= 0.6 is 0 Å². The molecule has 0 aliphatic carbocycles. The molecule has 0 heterocycles. The van der Waals surface area contributed by atoms with E-state index in [1.165, 1.54) is 13.2 Å². The van der Waals surface area contributed by atoms with E-state index in [1.54, 1.807) is 13.0 Å². The Bertz CT molecular complexity index is 856. The fourth-order valence-corrected chi connectivity index (χ4v) is 2.99. The second kappa shape index (κ2) is 9.45. The highest BCUT2D eigenvalue weighted by Gasteiger charge is 2.28. The molecular formula is C23H29NO5. The van der Waals surface area contributed by atoms with Crippen molar-refractivity contribution in [2.24, 2.45) is 0 Å². The average molecular weight is 399 g/mol.